The summed E-state index contributed by atoms with van der Waals surface area (Å²) >= 11 is 0. The summed E-state index contributed by atoms with van der Waals surface area (Å²) in [5.41, 5.74) is -5.77. The lowest BCUT2D eigenvalue weighted by Gasteiger charge is -2.31. The minimum Gasteiger partial charge on any atom is -0.411 e. The summed E-state index contributed by atoms with van der Waals surface area (Å²) in [7, 11) is 0. The summed E-state index contributed by atoms with van der Waals surface area (Å²) in [5.74, 6) is 0. The molecule has 2 N–H and O–H groups in total. The van der Waals surface area contributed by atoms with Crippen molar-refractivity contribution in [2.45, 2.75) is 31.3 Å². The van der Waals surface area contributed by atoms with Crippen LogP contribution in [0.15, 0.2) is 5.16 Å². The van der Waals surface area contributed by atoms with Crippen LogP contribution in [-0.2, 0) is 0 Å². The third-order valence-electron chi connectivity index (χ3n) is 1.62. The lowest BCUT2D eigenvalue weighted by atomic mass is 9.95. The lowest BCUT2D eigenvalue weighted by molar-refractivity contribution is -0.365. The van der Waals surface area contributed by atoms with Crippen LogP contribution < -0.4 is 0 Å². The van der Waals surface area contributed by atoms with E-state index in [1.807, 2.05) is 0 Å². The second kappa shape index (κ2) is 3.87. The topological polar surface area (TPSA) is 52.8 Å². The molecule has 9 heteroatoms. The van der Waals surface area contributed by atoms with E-state index in [-0.39, 0.29) is 0 Å². The Kier molecular flexibility index (Phi) is 3.62. The Labute approximate surface area is 80.0 Å². The number of nitrogens with zero attached hydrogens (tertiary/aromatic N) is 1. The molecule has 0 heterocycles. The molecule has 0 saturated heterocycles. The maximum Gasteiger partial charge on any atom is 0.426 e. The van der Waals surface area contributed by atoms with Crippen molar-refractivity contribution >= 4 is 5.71 Å². The zero-order chi connectivity index (χ0) is 12.5. The average Bonchev–Trinajstić information content (AvgIpc) is 1.99. The van der Waals surface area contributed by atoms with E-state index >= 15 is 0 Å². The van der Waals surface area contributed by atoms with Crippen LogP contribution in [0.4, 0.5) is 26.3 Å². The molecule has 0 unspecified atom stereocenters. The van der Waals surface area contributed by atoms with Gasteiger partial charge in [0.05, 0.1) is 5.71 Å². The van der Waals surface area contributed by atoms with Gasteiger partial charge in [-0.15, -0.1) is 0 Å². The van der Waals surface area contributed by atoms with Gasteiger partial charge in [0.1, 0.15) is 0 Å². The van der Waals surface area contributed by atoms with Gasteiger partial charge in [-0.25, -0.2) is 0 Å². The highest BCUT2D eigenvalue weighted by molar-refractivity contribution is 5.82. The summed E-state index contributed by atoms with van der Waals surface area (Å²) in [6.07, 6.45) is -13.6. The largest absolute Gasteiger partial charge is 0.426 e. The Morgan fingerprint density at radius 3 is 1.60 bits per heavy atom. The minimum absolute atomic E-state index is 0.725. The van der Waals surface area contributed by atoms with E-state index in [1.165, 1.54) is 0 Å². The second-order valence-electron chi connectivity index (χ2n) is 2.87. The first kappa shape index (κ1) is 14.0. The number of alkyl halides is 6. The van der Waals surface area contributed by atoms with Gasteiger partial charge in [0, 0.05) is 6.42 Å². The standard InChI is InChI=1S/C6H7F6NO2/c1-3(13-15)2-4(14,5(7,8)9)6(10,11)12/h14-15H,2H2,1H3/b13-3-. The Hall–Kier alpha value is -0.990. The molecule has 0 spiro atoms. The number of aliphatic hydroxyl groups is 1. The Morgan fingerprint density at radius 2 is 1.40 bits per heavy atom. The van der Waals surface area contributed by atoms with Gasteiger partial charge in [0.15, 0.2) is 0 Å². The molecule has 0 aromatic heterocycles. The molecule has 0 aliphatic heterocycles. The molecule has 0 rings (SSSR count). The van der Waals surface area contributed by atoms with E-state index < -0.39 is 30.1 Å². The predicted molar refractivity (Wildman–Crippen MR) is 36.6 cm³/mol. The van der Waals surface area contributed by atoms with Crippen LogP contribution in [0.5, 0.6) is 0 Å². The Bertz CT molecular complexity index is 241. The van der Waals surface area contributed by atoms with Crippen molar-refractivity contribution in [3.63, 3.8) is 0 Å². The number of rotatable bonds is 2. The van der Waals surface area contributed by atoms with Crippen molar-refractivity contribution in [1.29, 1.82) is 0 Å². The first-order chi connectivity index (χ1) is 6.45. The highest BCUT2D eigenvalue weighted by Gasteiger charge is 2.70. The van der Waals surface area contributed by atoms with Crippen LogP contribution in [0.3, 0.4) is 0 Å². The third kappa shape index (κ3) is 2.74. The molecular formula is C6H7F6NO2. The SMILES string of the molecule is C/C(CC(O)(C(F)(F)F)C(F)(F)F)=N/O. The van der Waals surface area contributed by atoms with Crippen LogP contribution in [0.1, 0.15) is 13.3 Å². The molecule has 0 aromatic carbocycles. The third-order valence-corrected chi connectivity index (χ3v) is 1.62. The molecule has 0 amide bonds. The van der Waals surface area contributed by atoms with Crippen molar-refractivity contribution in [2.75, 3.05) is 0 Å². The van der Waals surface area contributed by atoms with E-state index in [0.717, 1.165) is 6.92 Å². The van der Waals surface area contributed by atoms with Crippen molar-refractivity contribution < 1.29 is 36.7 Å². The van der Waals surface area contributed by atoms with E-state index in [4.69, 9.17) is 10.3 Å². The second-order valence-corrected chi connectivity index (χ2v) is 2.87. The summed E-state index contributed by atoms with van der Waals surface area (Å²) < 4.78 is 71.9. The first-order valence-electron chi connectivity index (χ1n) is 3.49. The minimum atomic E-state index is -5.89. The maximum absolute atomic E-state index is 12.0. The average molecular weight is 239 g/mol. The smallest absolute Gasteiger partial charge is 0.411 e. The summed E-state index contributed by atoms with van der Waals surface area (Å²) in [4.78, 5) is 0. The monoisotopic (exact) mass is 239 g/mol. The highest BCUT2D eigenvalue weighted by Crippen LogP contribution is 2.45. The molecule has 3 nitrogen and oxygen atoms in total. The zero-order valence-corrected chi connectivity index (χ0v) is 7.32. The number of halogens is 6. The quantitative estimate of drug-likeness (QED) is 0.335. The molecule has 0 atom stereocenters. The normalized spacial score (nSPS) is 15.6. The van der Waals surface area contributed by atoms with Gasteiger partial charge in [0.25, 0.3) is 5.60 Å². The van der Waals surface area contributed by atoms with Gasteiger partial charge in [0.2, 0.25) is 0 Å². The fourth-order valence-corrected chi connectivity index (χ4v) is 0.767. The summed E-state index contributed by atoms with van der Waals surface area (Å²) in [6.45, 7) is 0.725. The fourth-order valence-electron chi connectivity index (χ4n) is 0.767. The molecule has 15 heavy (non-hydrogen) atoms. The summed E-state index contributed by atoms with van der Waals surface area (Å²) in [6, 6.07) is 0. The van der Waals surface area contributed by atoms with E-state index in [9.17, 15) is 26.3 Å². The molecule has 0 aliphatic carbocycles. The highest BCUT2D eigenvalue weighted by atomic mass is 19.4. The molecule has 90 valence electrons. The van der Waals surface area contributed by atoms with Gasteiger partial charge in [-0.3, -0.25) is 0 Å². The van der Waals surface area contributed by atoms with Crippen molar-refractivity contribution in [3.05, 3.63) is 0 Å². The van der Waals surface area contributed by atoms with E-state index in [2.05, 4.69) is 5.16 Å². The van der Waals surface area contributed by atoms with Gasteiger partial charge in [-0.05, 0) is 6.92 Å². The van der Waals surface area contributed by atoms with Crippen LogP contribution in [0, 0.1) is 0 Å². The number of oxime groups is 1. The van der Waals surface area contributed by atoms with Crippen molar-refractivity contribution in [3.8, 4) is 0 Å². The van der Waals surface area contributed by atoms with Gasteiger partial charge in [-0.2, -0.15) is 26.3 Å². The number of hydrogen-bond donors (Lipinski definition) is 2. The molecule has 0 aliphatic rings. The zero-order valence-electron chi connectivity index (χ0n) is 7.32. The molecule has 0 radical (unpaired) electrons. The van der Waals surface area contributed by atoms with Crippen LogP contribution in [0.25, 0.3) is 0 Å². The van der Waals surface area contributed by atoms with E-state index in [0.29, 0.717) is 0 Å². The Morgan fingerprint density at radius 1 is 1.07 bits per heavy atom. The van der Waals surface area contributed by atoms with E-state index in [1.54, 1.807) is 0 Å². The lowest BCUT2D eigenvalue weighted by Crippen LogP contribution is -2.57. The first-order valence-corrected chi connectivity index (χ1v) is 3.49. The van der Waals surface area contributed by atoms with Gasteiger partial charge in [-0.1, -0.05) is 5.16 Å². The summed E-state index contributed by atoms with van der Waals surface area (Å²) in [5, 5.41) is 18.7. The van der Waals surface area contributed by atoms with Crippen LogP contribution in [0.2, 0.25) is 0 Å². The van der Waals surface area contributed by atoms with Crippen molar-refractivity contribution in [1.82, 2.24) is 0 Å². The molecule has 0 bridgehead atoms. The molecule has 0 fully saturated rings. The fraction of sp³-hybridized carbons (Fsp3) is 0.833. The Balaban J connectivity index is 5.25. The maximum atomic E-state index is 12.0. The van der Waals surface area contributed by atoms with Crippen LogP contribution >= 0.6 is 0 Å². The molecule has 0 aromatic rings. The van der Waals surface area contributed by atoms with Crippen molar-refractivity contribution in [2.24, 2.45) is 5.16 Å². The van der Waals surface area contributed by atoms with Gasteiger partial charge >= 0.3 is 12.4 Å². The molecule has 0 saturated carbocycles. The predicted octanol–water partition coefficient (Wildman–Crippen LogP) is 2.08. The van der Waals surface area contributed by atoms with Gasteiger partial charge < -0.3 is 10.3 Å². The number of hydrogen-bond acceptors (Lipinski definition) is 3. The molecular weight excluding hydrogens is 232 g/mol. The van der Waals surface area contributed by atoms with Crippen LogP contribution in [-0.4, -0.2) is 34.0 Å².